The minimum Gasteiger partial charge on any atom is -0.508 e. The van der Waals surface area contributed by atoms with Crippen LogP contribution in [0.1, 0.15) is 5.56 Å². The number of phenols is 1. The molecule has 0 heterocycles. The summed E-state index contributed by atoms with van der Waals surface area (Å²) in [6.45, 7) is 0. The Hall–Kier alpha value is -2.43. The summed E-state index contributed by atoms with van der Waals surface area (Å²) in [5.41, 5.74) is 0.614. The lowest BCUT2D eigenvalue weighted by Crippen LogP contribution is -2.15. The Kier molecular flexibility index (Phi) is 3.75. The minimum absolute atomic E-state index is 0.0857. The Morgan fingerprint density at radius 1 is 1.11 bits per heavy atom. The third-order valence-corrected chi connectivity index (χ3v) is 2.52. The molecule has 2 rings (SSSR count). The molecular formula is C14H11F2NO2. The van der Waals surface area contributed by atoms with Gasteiger partial charge in [0.25, 0.3) is 0 Å². The fourth-order valence-electron chi connectivity index (χ4n) is 1.59. The Morgan fingerprint density at radius 2 is 1.79 bits per heavy atom. The molecule has 19 heavy (non-hydrogen) atoms. The average Bonchev–Trinajstić information content (AvgIpc) is 2.36. The highest BCUT2D eigenvalue weighted by molar-refractivity contribution is 5.92. The van der Waals surface area contributed by atoms with Crippen LogP contribution in [0.4, 0.5) is 14.5 Å². The van der Waals surface area contributed by atoms with Gasteiger partial charge < -0.3 is 10.4 Å². The van der Waals surface area contributed by atoms with E-state index in [0.29, 0.717) is 5.69 Å². The molecule has 0 spiro atoms. The molecule has 0 atom stereocenters. The number of hydrogen-bond donors (Lipinski definition) is 2. The Labute approximate surface area is 108 Å². The van der Waals surface area contributed by atoms with E-state index in [9.17, 15) is 13.6 Å². The highest BCUT2D eigenvalue weighted by Crippen LogP contribution is 2.15. The third-order valence-electron chi connectivity index (χ3n) is 2.52. The number of hydrogen-bond acceptors (Lipinski definition) is 2. The second-order valence-electron chi connectivity index (χ2n) is 4.01. The fourth-order valence-corrected chi connectivity index (χ4v) is 1.59. The van der Waals surface area contributed by atoms with Crippen molar-refractivity contribution in [2.75, 3.05) is 5.32 Å². The molecular weight excluding hydrogens is 252 g/mol. The number of halogens is 2. The van der Waals surface area contributed by atoms with Gasteiger partial charge in [-0.25, -0.2) is 8.78 Å². The van der Waals surface area contributed by atoms with Crippen LogP contribution in [0.5, 0.6) is 5.75 Å². The molecule has 0 saturated heterocycles. The first-order valence-corrected chi connectivity index (χ1v) is 5.57. The lowest BCUT2D eigenvalue weighted by molar-refractivity contribution is -0.115. The van der Waals surface area contributed by atoms with E-state index in [0.717, 1.165) is 12.1 Å². The smallest absolute Gasteiger partial charge is 0.228 e. The average molecular weight is 263 g/mol. The van der Waals surface area contributed by atoms with E-state index >= 15 is 0 Å². The van der Waals surface area contributed by atoms with Crippen molar-refractivity contribution in [1.29, 1.82) is 0 Å². The van der Waals surface area contributed by atoms with Crippen LogP contribution in [0.25, 0.3) is 0 Å². The van der Waals surface area contributed by atoms with Gasteiger partial charge in [0.1, 0.15) is 17.4 Å². The molecule has 0 aliphatic heterocycles. The number of carbonyl (C=O) groups is 1. The first kappa shape index (κ1) is 13.0. The topological polar surface area (TPSA) is 49.3 Å². The van der Waals surface area contributed by atoms with Crippen LogP contribution in [0.15, 0.2) is 42.5 Å². The number of nitrogens with one attached hydrogen (secondary N) is 1. The van der Waals surface area contributed by atoms with Crippen molar-refractivity contribution in [3.63, 3.8) is 0 Å². The Morgan fingerprint density at radius 3 is 2.42 bits per heavy atom. The van der Waals surface area contributed by atoms with Crippen LogP contribution in [0, 0.1) is 11.6 Å². The molecule has 3 nitrogen and oxygen atoms in total. The number of carbonyl (C=O) groups excluding carboxylic acids is 1. The van der Waals surface area contributed by atoms with E-state index in [4.69, 9.17) is 5.11 Å². The molecule has 1 amide bonds. The van der Waals surface area contributed by atoms with Crippen molar-refractivity contribution < 1.29 is 18.7 Å². The van der Waals surface area contributed by atoms with Crippen molar-refractivity contribution >= 4 is 11.6 Å². The number of amides is 1. The first-order chi connectivity index (χ1) is 9.04. The molecule has 0 aromatic heterocycles. The van der Waals surface area contributed by atoms with Crippen molar-refractivity contribution in [2.24, 2.45) is 0 Å². The predicted octanol–water partition coefficient (Wildman–Crippen LogP) is 2.85. The van der Waals surface area contributed by atoms with Crippen LogP contribution in [0.2, 0.25) is 0 Å². The molecule has 2 aromatic rings. The van der Waals surface area contributed by atoms with E-state index in [2.05, 4.69) is 5.32 Å². The van der Waals surface area contributed by atoms with E-state index in [-0.39, 0.29) is 17.7 Å². The lowest BCUT2D eigenvalue weighted by atomic mass is 10.1. The monoisotopic (exact) mass is 263 g/mol. The van der Waals surface area contributed by atoms with Gasteiger partial charge in [0.2, 0.25) is 5.91 Å². The molecule has 0 radical (unpaired) electrons. The Balaban J connectivity index is 2.03. The number of benzene rings is 2. The maximum Gasteiger partial charge on any atom is 0.228 e. The number of phenolic OH excluding ortho intramolecular Hbond substituents is 1. The zero-order chi connectivity index (χ0) is 13.8. The highest BCUT2D eigenvalue weighted by Gasteiger charge is 2.09. The van der Waals surface area contributed by atoms with Crippen LogP contribution in [0.3, 0.4) is 0 Å². The molecule has 2 N–H and O–H groups in total. The van der Waals surface area contributed by atoms with E-state index in [1.165, 1.54) is 30.3 Å². The van der Waals surface area contributed by atoms with Gasteiger partial charge in [0, 0.05) is 11.8 Å². The maximum absolute atomic E-state index is 13.3. The van der Waals surface area contributed by atoms with Crippen LogP contribution >= 0.6 is 0 Å². The summed E-state index contributed by atoms with van der Waals surface area (Å²) in [5.74, 6) is -1.76. The molecule has 5 heteroatoms. The predicted molar refractivity (Wildman–Crippen MR) is 66.8 cm³/mol. The Bertz CT molecular complexity index is 597. The summed E-state index contributed by atoms with van der Waals surface area (Å²) in [5, 5.41) is 11.6. The van der Waals surface area contributed by atoms with E-state index in [1.54, 1.807) is 0 Å². The third kappa shape index (κ3) is 3.51. The summed E-state index contributed by atoms with van der Waals surface area (Å²) in [6, 6.07) is 8.97. The second-order valence-corrected chi connectivity index (χ2v) is 4.01. The molecule has 0 bridgehead atoms. The van der Waals surface area contributed by atoms with Crippen molar-refractivity contribution in [3.05, 3.63) is 59.7 Å². The molecule has 0 saturated carbocycles. The summed E-state index contributed by atoms with van der Waals surface area (Å²) < 4.78 is 26.1. The van der Waals surface area contributed by atoms with Gasteiger partial charge in [-0.1, -0.05) is 6.07 Å². The molecule has 0 aliphatic carbocycles. The lowest BCUT2D eigenvalue weighted by Gasteiger charge is -2.06. The zero-order valence-electron chi connectivity index (χ0n) is 9.86. The summed E-state index contributed by atoms with van der Waals surface area (Å²) in [7, 11) is 0. The van der Waals surface area contributed by atoms with Gasteiger partial charge in [-0.3, -0.25) is 4.79 Å². The number of aromatic hydroxyl groups is 1. The molecule has 0 aliphatic rings. The van der Waals surface area contributed by atoms with Gasteiger partial charge in [-0.15, -0.1) is 0 Å². The van der Waals surface area contributed by atoms with Gasteiger partial charge >= 0.3 is 0 Å². The summed E-state index contributed by atoms with van der Waals surface area (Å²) >= 11 is 0. The molecule has 0 fully saturated rings. The van der Waals surface area contributed by atoms with Gasteiger partial charge in [0.05, 0.1) is 6.42 Å². The van der Waals surface area contributed by atoms with E-state index < -0.39 is 17.5 Å². The SMILES string of the molecule is O=C(Cc1ccc(F)cc1F)Nc1ccc(O)cc1. The first-order valence-electron chi connectivity index (χ1n) is 5.57. The van der Waals surface area contributed by atoms with Crippen LogP contribution in [-0.2, 0) is 11.2 Å². The summed E-state index contributed by atoms with van der Waals surface area (Å²) in [4.78, 5) is 11.7. The standard InChI is InChI=1S/C14H11F2NO2/c15-10-2-1-9(13(16)8-10)7-14(19)17-11-3-5-12(18)6-4-11/h1-6,8,18H,7H2,(H,17,19). The van der Waals surface area contributed by atoms with E-state index in [1.807, 2.05) is 0 Å². The fraction of sp³-hybridized carbons (Fsp3) is 0.0714. The highest BCUT2D eigenvalue weighted by atomic mass is 19.1. The van der Waals surface area contributed by atoms with Crippen LogP contribution in [-0.4, -0.2) is 11.0 Å². The normalized spacial score (nSPS) is 10.2. The second kappa shape index (κ2) is 5.48. The summed E-state index contributed by atoms with van der Waals surface area (Å²) in [6.07, 6.45) is -0.188. The molecule has 98 valence electrons. The van der Waals surface area contributed by atoms with Crippen molar-refractivity contribution in [3.8, 4) is 5.75 Å². The van der Waals surface area contributed by atoms with Gasteiger partial charge in [0.15, 0.2) is 0 Å². The van der Waals surface area contributed by atoms with Gasteiger partial charge in [-0.05, 0) is 35.9 Å². The zero-order valence-corrected chi connectivity index (χ0v) is 9.86. The quantitative estimate of drug-likeness (QED) is 0.836. The van der Waals surface area contributed by atoms with Crippen molar-refractivity contribution in [1.82, 2.24) is 0 Å². The largest absolute Gasteiger partial charge is 0.508 e. The van der Waals surface area contributed by atoms with Gasteiger partial charge in [-0.2, -0.15) is 0 Å². The maximum atomic E-state index is 13.3. The number of anilines is 1. The molecule has 2 aromatic carbocycles. The minimum atomic E-state index is -0.749. The molecule has 0 unspecified atom stereocenters. The van der Waals surface area contributed by atoms with Crippen LogP contribution < -0.4 is 5.32 Å². The van der Waals surface area contributed by atoms with Crippen molar-refractivity contribution in [2.45, 2.75) is 6.42 Å². The number of rotatable bonds is 3.